The summed E-state index contributed by atoms with van der Waals surface area (Å²) in [6.07, 6.45) is -0.979. The number of rotatable bonds is 10. The Kier molecular flexibility index (Phi) is 8.84. The second-order valence-electron chi connectivity index (χ2n) is 10.8. The van der Waals surface area contributed by atoms with E-state index in [1.807, 2.05) is 30.3 Å². The first-order valence-corrected chi connectivity index (χ1v) is 16.5. The van der Waals surface area contributed by atoms with Gasteiger partial charge in [0.25, 0.3) is 0 Å². The molecule has 8 heteroatoms. The van der Waals surface area contributed by atoms with Gasteiger partial charge in [0.05, 0.1) is 12.7 Å². The average Bonchev–Trinajstić information content (AvgIpc) is 2.87. The van der Waals surface area contributed by atoms with Gasteiger partial charge in [0.2, 0.25) is 0 Å². The Morgan fingerprint density at radius 2 is 1.89 bits per heavy atom. The highest BCUT2D eigenvalue weighted by molar-refractivity contribution is 6.76. The number of amides is 1. The lowest BCUT2D eigenvalue weighted by Crippen LogP contribution is -2.51. The van der Waals surface area contributed by atoms with Crippen molar-refractivity contribution in [1.82, 2.24) is 4.90 Å². The van der Waals surface area contributed by atoms with E-state index in [4.69, 9.17) is 14.2 Å². The van der Waals surface area contributed by atoms with Crippen molar-refractivity contribution in [3.05, 3.63) is 77.6 Å². The summed E-state index contributed by atoms with van der Waals surface area (Å²) in [6, 6.07) is 19.4. The number of benzene rings is 3. The van der Waals surface area contributed by atoms with Crippen LogP contribution >= 0.6 is 0 Å². The predicted octanol–water partition coefficient (Wildman–Crippen LogP) is 5.39. The molecule has 3 aromatic carbocycles. The highest BCUT2D eigenvalue weighted by Crippen LogP contribution is 2.32. The van der Waals surface area contributed by atoms with E-state index in [0.29, 0.717) is 26.2 Å². The number of likely N-dealkylation sites (tertiary alicyclic amines) is 1. The number of carboxylic acid groups (broad SMARTS) is 1. The number of piperidine rings is 1. The third-order valence-electron chi connectivity index (χ3n) is 6.78. The van der Waals surface area contributed by atoms with E-state index in [-0.39, 0.29) is 31.2 Å². The zero-order valence-electron chi connectivity index (χ0n) is 21.7. The van der Waals surface area contributed by atoms with E-state index >= 15 is 0 Å². The molecule has 2 atom stereocenters. The fraction of sp³-hybridized carbons (Fsp3) is 0.414. The van der Waals surface area contributed by atoms with Crippen LogP contribution in [0.15, 0.2) is 60.7 Å². The van der Waals surface area contributed by atoms with Crippen molar-refractivity contribution in [3.63, 3.8) is 0 Å². The second-order valence-corrected chi connectivity index (χ2v) is 16.4. The summed E-state index contributed by atoms with van der Waals surface area (Å²) in [6.45, 7) is 8.79. The summed E-state index contributed by atoms with van der Waals surface area (Å²) < 4.78 is 31.3. The molecule has 198 valence electrons. The molecule has 2 unspecified atom stereocenters. The summed E-state index contributed by atoms with van der Waals surface area (Å²) in [5.74, 6) is 0.440. The molecule has 0 N–H and O–H groups in total. The summed E-state index contributed by atoms with van der Waals surface area (Å²) in [7, 11) is -1.14. The maximum atomic E-state index is 13.5. The maximum absolute atomic E-state index is 13.5. The smallest absolute Gasteiger partial charge is 0.189 e. The van der Waals surface area contributed by atoms with Crippen molar-refractivity contribution in [3.8, 4) is 5.75 Å². The fourth-order valence-electron chi connectivity index (χ4n) is 4.61. The van der Waals surface area contributed by atoms with Crippen molar-refractivity contribution in [1.29, 1.82) is 0 Å². The minimum absolute atomic E-state index is 0.0300. The van der Waals surface area contributed by atoms with Gasteiger partial charge in [-0.1, -0.05) is 56.0 Å². The van der Waals surface area contributed by atoms with Crippen molar-refractivity contribution in [2.75, 3.05) is 26.5 Å². The summed E-state index contributed by atoms with van der Waals surface area (Å²) in [5.41, 5.74) is 1.91. The van der Waals surface area contributed by atoms with Crippen LogP contribution < -0.4 is 9.84 Å². The first kappa shape index (κ1) is 27.1. The Hall–Kier alpha value is -2.94. The number of carbonyl (C=O) groups excluding carboxylic acids is 1. The van der Waals surface area contributed by atoms with Crippen LogP contribution in [0.25, 0.3) is 10.8 Å². The molecular formula is C29H35FNO5Si-. The molecule has 0 bridgehead atoms. The van der Waals surface area contributed by atoms with Crippen LogP contribution in [-0.2, 0) is 16.1 Å². The molecule has 0 spiro atoms. The highest BCUT2D eigenvalue weighted by atomic mass is 28.3. The molecule has 4 rings (SSSR count). The van der Waals surface area contributed by atoms with E-state index < -0.39 is 14.2 Å². The standard InChI is InChI=1S/C29H36FNO5Si/c1-37(2,3)16-15-34-20-36-27-6-4-5-23-17-21(7-12-25(23)27)19-35-28-18-31(29(32)33)14-13-26(28)22-8-10-24(30)11-9-22/h4-12,17,26,28H,13-16,18-20H2,1-3H3,(H,32,33)/p-1. The largest absolute Gasteiger partial charge is 0.530 e. The van der Waals surface area contributed by atoms with Crippen LogP contribution in [-0.4, -0.2) is 51.7 Å². The molecule has 6 nitrogen and oxygen atoms in total. The molecule has 37 heavy (non-hydrogen) atoms. The number of carbonyl (C=O) groups is 1. The predicted molar refractivity (Wildman–Crippen MR) is 143 cm³/mol. The quantitative estimate of drug-likeness (QED) is 0.202. The lowest BCUT2D eigenvalue weighted by atomic mass is 9.87. The SMILES string of the molecule is C[Si](C)(C)CCOCOc1cccc2cc(COC3CN(C(=O)[O-])CCC3c3ccc(F)cc3)ccc12. The van der Waals surface area contributed by atoms with Crippen LogP contribution in [0.5, 0.6) is 5.75 Å². The second kappa shape index (κ2) is 12.1. The number of halogens is 1. The molecule has 1 aliphatic rings. The van der Waals surface area contributed by atoms with Gasteiger partial charge >= 0.3 is 0 Å². The van der Waals surface area contributed by atoms with E-state index in [9.17, 15) is 14.3 Å². The lowest BCUT2D eigenvalue weighted by molar-refractivity contribution is -0.268. The molecule has 1 aliphatic heterocycles. The Balaban J connectivity index is 1.41. The van der Waals surface area contributed by atoms with Crippen molar-refractivity contribution in [2.24, 2.45) is 0 Å². The molecule has 1 fully saturated rings. The van der Waals surface area contributed by atoms with Gasteiger partial charge in [-0.25, -0.2) is 4.39 Å². The third kappa shape index (κ3) is 7.53. The van der Waals surface area contributed by atoms with Gasteiger partial charge in [-0.2, -0.15) is 0 Å². The summed E-state index contributed by atoms with van der Waals surface area (Å²) in [5, 5.41) is 13.5. The number of nitrogens with zero attached hydrogens (tertiary/aromatic N) is 1. The van der Waals surface area contributed by atoms with Gasteiger partial charge in [0.15, 0.2) is 6.79 Å². The molecule has 0 radical (unpaired) electrons. The summed E-state index contributed by atoms with van der Waals surface area (Å²) >= 11 is 0. The normalized spacial score (nSPS) is 18.2. The zero-order chi connectivity index (χ0) is 26.4. The molecule has 0 aliphatic carbocycles. The Labute approximate surface area is 219 Å². The van der Waals surface area contributed by atoms with Crippen LogP contribution in [0.3, 0.4) is 0 Å². The molecule has 1 heterocycles. The molecule has 3 aromatic rings. The molecule has 1 amide bonds. The van der Waals surface area contributed by atoms with Gasteiger partial charge in [-0.15, -0.1) is 0 Å². The van der Waals surface area contributed by atoms with Gasteiger partial charge in [0.1, 0.15) is 17.7 Å². The zero-order valence-corrected chi connectivity index (χ0v) is 22.7. The first-order chi connectivity index (χ1) is 17.7. The molecular weight excluding hydrogens is 489 g/mol. The van der Waals surface area contributed by atoms with E-state index in [1.54, 1.807) is 12.1 Å². The topological polar surface area (TPSA) is 71.1 Å². The Bertz CT molecular complexity index is 1200. The van der Waals surface area contributed by atoms with Gasteiger partial charge in [-0.3, -0.25) is 0 Å². The molecule has 1 saturated heterocycles. The van der Waals surface area contributed by atoms with E-state index in [1.165, 1.54) is 17.0 Å². The molecule has 0 saturated carbocycles. The number of ether oxygens (including phenoxy) is 3. The van der Waals surface area contributed by atoms with Gasteiger partial charge in [0, 0.05) is 39.1 Å². The third-order valence-corrected chi connectivity index (χ3v) is 8.48. The van der Waals surface area contributed by atoms with Crippen LogP contribution in [0.2, 0.25) is 25.7 Å². The van der Waals surface area contributed by atoms with Crippen molar-refractivity contribution >= 4 is 24.9 Å². The Morgan fingerprint density at radius 3 is 2.62 bits per heavy atom. The molecule has 0 aromatic heterocycles. The van der Waals surface area contributed by atoms with Crippen LogP contribution in [0, 0.1) is 5.82 Å². The van der Waals surface area contributed by atoms with Gasteiger partial charge < -0.3 is 29.0 Å². The monoisotopic (exact) mass is 524 g/mol. The van der Waals surface area contributed by atoms with E-state index in [2.05, 4.69) is 25.7 Å². The van der Waals surface area contributed by atoms with Crippen LogP contribution in [0.4, 0.5) is 9.18 Å². The summed E-state index contributed by atoms with van der Waals surface area (Å²) in [4.78, 5) is 12.8. The average molecular weight is 525 g/mol. The van der Waals surface area contributed by atoms with Crippen molar-refractivity contribution < 1.29 is 28.5 Å². The fourth-order valence-corrected chi connectivity index (χ4v) is 5.36. The highest BCUT2D eigenvalue weighted by Gasteiger charge is 2.31. The van der Waals surface area contributed by atoms with Crippen molar-refractivity contribution in [2.45, 2.75) is 50.7 Å². The Morgan fingerprint density at radius 1 is 1.11 bits per heavy atom. The number of hydrogen-bond donors (Lipinski definition) is 0. The number of fused-ring (bicyclic) bond motifs is 1. The minimum Gasteiger partial charge on any atom is -0.530 e. The van der Waals surface area contributed by atoms with Gasteiger partial charge in [-0.05, 0) is 53.2 Å². The van der Waals surface area contributed by atoms with E-state index in [0.717, 1.165) is 33.7 Å². The van der Waals surface area contributed by atoms with Crippen LogP contribution in [0.1, 0.15) is 23.5 Å². The minimum atomic E-state index is -1.20. The maximum Gasteiger partial charge on any atom is 0.189 e. The number of hydrogen-bond acceptors (Lipinski definition) is 5. The lowest BCUT2D eigenvalue weighted by Gasteiger charge is -2.40. The first-order valence-electron chi connectivity index (χ1n) is 12.7.